The minimum Gasteiger partial charge on any atom is -0.493 e. The van der Waals surface area contributed by atoms with Gasteiger partial charge in [-0.3, -0.25) is 4.99 Å². The third-order valence-electron chi connectivity index (χ3n) is 3.46. The zero-order valence-electron chi connectivity index (χ0n) is 12.7. The maximum absolute atomic E-state index is 5.99. The maximum Gasteiger partial charge on any atom is 0.191 e. The van der Waals surface area contributed by atoms with Gasteiger partial charge in [-0.25, -0.2) is 0 Å². The van der Waals surface area contributed by atoms with Crippen molar-refractivity contribution in [2.24, 2.45) is 10.7 Å². The Morgan fingerprint density at radius 2 is 1.95 bits per heavy atom. The van der Waals surface area contributed by atoms with Gasteiger partial charge in [0.05, 0.1) is 27.4 Å². The van der Waals surface area contributed by atoms with E-state index in [0.29, 0.717) is 25.7 Å². The second-order valence-corrected chi connectivity index (χ2v) is 4.78. The van der Waals surface area contributed by atoms with E-state index < -0.39 is 0 Å². The van der Waals surface area contributed by atoms with Crippen molar-refractivity contribution >= 4 is 5.96 Å². The molecule has 0 atom stereocenters. The van der Waals surface area contributed by atoms with Crippen LogP contribution in [-0.4, -0.2) is 57.9 Å². The molecule has 1 fully saturated rings. The SMILES string of the molecule is COc1ccc(CCN=C(N)N2CCOCC2)cc1OC. The second kappa shape index (κ2) is 7.73. The number of ether oxygens (including phenoxy) is 3. The number of morpholine rings is 1. The fourth-order valence-corrected chi connectivity index (χ4v) is 2.23. The molecule has 2 N–H and O–H groups in total. The maximum atomic E-state index is 5.99. The highest BCUT2D eigenvalue weighted by atomic mass is 16.5. The molecular weight excluding hydrogens is 270 g/mol. The number of hydrogen-bond donors (Lipinski definition) is 1. The Bertz CT molecular complexity index is 485. The summed E-state index contributed by atoms with van der Waals surface area (Å²) in [5.41, 5.74) is 7.13. The Labute approximate surface area is 125 Å². The van der Waals surface area contributed by atoms with Crippen molar-refractivity contribution in [1.29, 1.82) is 0 Å². The van der Waals surface area contributed by atoms with Crippen LogP contribution < -0.4 is 15.2 Å². The molecule has 1 aliphatic rings. The molecule has 2 rings (SSSR count). The van der Waals surface area contributed by atoms with Crippen LogP contribution >= 0.6 is 0 Å². The standard InChI is InChI=1S/C15H23N3O3/c1-19-13-4-3-12(11-14(13)20-2)5-6-17-15(16)18-7-9-21-10-8-18/h3-4,11H,5-10H2,1-2H3,(H2,16,17). The number of rotatable bonds is 5. The lowest BCUT2D eigenvalue weighted by Gasteiger charge is -2.27. The average Bonchev–Trinajstić information content (AvgIpc) is 2.55. The van der Waals surface area contributed by atoms with Crippen LogP contribution in [-0.2, 0) is 11.2 Å². The lowest BCUT2D eigenvalue weighted by molar-refractivity contribution is 0.0674. The predicted molar refractivity (Wildman–Crippen MR) is 82.1 cm³/mol. The Morgan fingerprint density at radius 1 is 1.24 bits per heavy atom. The average molecular weight is 293 g/mol. The third-order valence-corrected chi connectivity index (χ3v) is 3.46. The molecule has 0 saturated carbocycles. The van der Waals surface area contributed by atoms with Crippen LogP contribution in [0, 0.1) is 0 Å². The first kappa shape index (κ1) is 15.4. The number of nitrogens with zero attached hydrogens (tertiary/aromatic N) is 2. The summed E-state index contributed by atoms with van der Waals surface area (Å²) in [6.45, 7) is 3.70. The van der Waals surface area contributed by atoms with Gasteiger partial charge in [-0.1, -0.05) is 6.07 Å². The summed E-state index contributed by atoms with van der Waals surface area (Å²) >= 11 is 0. The number of guanidine groups is 1. The van der Waals surface area contributed by atoms with Crippen molar-refractivity contribution in [1.82, 2.24) is 4.90 Å². The quantitative estimate of drug-likeness (QED) is 0.645. The number of nitrogens with two attached hydrogens (primary N) is 1. The highest BCUT2D eigenvalue weighted by Gasteiger charge is 2.11. The lowest BCUT2D eigenvalue weighted by Crippen LogP contribution is -2.44. The topological polar surface area (TPSA) is 69.3 Å². The van der Waals surface area contributed by atoms with Crippen molar-refractivity contribution in [3.05, 3.63) is 23.8 Å². The molecule has 0 unspecified atom stereocenters. The molecule has 116 valence electrons. The number of hydrogen-bond acceptors (Lipinski definition) is 4. The van der Waals surface area contributed by atoms with Gasteiger partial charge in [0, 0.05) is 19.6 Å². The molecule has 21 heavy (non-hydrogen) atoms. The minimum atomic E-state index is 0.596. The molecule has 1 aromatic rings. The van der Waals surface area contributed by atoms with Gasteiger partial charge in [0.25, 0.3) is 0 Å². The van der Waals surface area contributed by atoms with E-state index in [9.17, 15) is 0 Å². The van der Waals surface area contributed by atoms with Crippen LogP contribution in [0.25, 0.3) is 0 Å². The van der Waals surface area contributed by atoms with Crippen molar-refractivity contribution in [2.75, 3.05) is 47.1 Å². The summed E-state index contributed by atoms with van der Waals surface area (Å²) in [5.74, 6) is 2.07. The van der Waals surface area contributed by atoms with Crippen LogP contribution in [0.5, 0.6) is 11.5 Å². The van der Waals surface area contributed by atoms with Gasteiger partial charge in [0.2, 0.25) is 0 Å². The summed E-state index contributed by atoms with van der Waals surface area (Å²) in [5, 5.41) is 0. The Balaban J connectivity index is 1.90. The Hall–Kier alpha value is -1.95. The molecular formula is C15H23N3O3. The number of benzene rings is 1. The van der Waals surface area contributed by atoms with E-state index >= 15 is 0 Å². The molecule has 0 amide bonds. The summed E-state index contributed by atoms with van der Waals surface area (Å²) in [6, 6.07) is 5.89. The van der Waals surface area contributed by atoms with Gasteiger partial charge in [0.15, 0.2) is 17.5 Å². The Kier molecular flexibility index (Phi) is 5.68. The van der Waals surface area contributed by atoms with E-state index in [2.05, 4.69) is 9.89 Å². The van der Waals surface area contributed by atoms with Crippen molar-refractivity contribution in [2.45, 2.75) is 6.42 Å². The van der Waals surface area contributed by atoms with Crippen LogP contribution in [0.4, 0.5) is 0 Å². The fourth-order valence-electron chi connectivity index (χ4n) is 2.23. The van der Waals surface area contributed by atoms with Gasteiger partial charge in [0.1, 0.15) is 0 Å². The molecule has 0 radical (unpaired) electrons. The highest BCUT2D eigenvalue weighted by molar-refractivity contribution is 5.78. The summed E-state index contributed by atoms with van der Waals surface area (Å²) in [7, 11) is 3.26. The summed E-state index contributed by atoms with van der Waals surface area (Å²) < 4.78 is 15.8. The molecule has 1 aromatic carbocycles. The first-order valence-corrected chi connectivity index (χ1v) is 7.08. The molecule has 1 aliphatic heterocycles. The lowest BCUT2D eigenvalue weighted by atomic mass is 10.1. The van der Waals surface area contributed by atoms with E-state index in [1.54, 1.807) is 14.2 Å². The molecule has 1 heterocycles. The molecule has 0 spiro atoms. The molecule has 1 saturated heterocycles. The molecule has 0 bridgehead atoms. The van der Waals surface area contributed by atoms with E-state index in [1.807, 2.05) is 18.2 Å². The Morgan fingerprint density at radius 3 is 2.62 bits per heavy atom. The predicted octanol–water partition coefficient (Wildman–Crippen LogP) is 0.893. The zero-order valence-corrected chi connectivity index (χ0v) is 12.7. The fraction of sp³-hybridized carbons (Fsp3) is 0.533. The monoisotopic (exact) mass is 293 g/mol. The molecule has 6 heteroatoms. The first-order valence-electron chi connectivity index (χ1n) is 7.08. The van der Waals surface area contributed by atoms with E-state index in [-0.39, 0.29) is 0 Å². The third kappa shape index (κ3) is 4.26. The zero-order chi connectivity index (χ0) is 15.1. The van der Waals surface area contributed by atoms with Crippen LogP contribution in [0.15, 0.2) is 23.2 Å². The van der Waals surface area contributed by atoms with Crippen LogP contribution in [0.2, 0.25) is 0 Å². The van der Waals surface area contributed by atoms with Crippen molar-refractivity contribution < 1.29 is 14.2 Å². The normalized spacial score (nSPS) is 15.9. The summed E-state index contributed by atoms with van der Waals surface area (Å²) in [6.07, 6.45) is 0.811. The van der Waals surface area contributed by atoms with Crippen molar-refractivity contribution in [3.63, 3.8) is 0 Å². The highest BCUT2D eigenvalue weighted by Crippen LogP contribution is 2.27. The number of aliphatic imine (C=N–C) groups is 1. The largest absolute Gasteiger partial charge is 0.493 e. The molecule has 0 aromatic heterocycles. The molecule has 6 nitrogen and oxygen atoms in total. The summed E-state index contributed by atoms with van der Waals surface area (Å²) in [4.78, 5) is 6.49. The van der Waals surface area contributed by atoms with E-state index in [1.165, 1.54) is 0 Å². The van der Waals surface area contributed by atoms with E-state index in [0.717, 1.165) is 36.6 Å². The van der Waals surface area contributed by atoms with E-state index in [4.69, 9.17) is 19.9 Å². The minimum absolute atomic E-state index is 0.596. The van der Waals surface area contributed by atoms with Gasteiger partial charge in [-0.05, 0) is 24.1 Å². The number of methoxy groups -OCH3 is 2. The van der Waals surface area contributed by atoms with Crippen LogP contribution in [0.1, 0.15) is 5.56 Å². The van der Waals surface area contributed by atoms with Gasteiger partial charge in [-0.15, -0.1) is 0 Å². The van der Waals surface area contributed by atoms with Gasteiger partial charge in [-0.2, -0.15) is 0 Å². The van der Waals surface area contributed by atoms with Crippen LogP contribution in [0.3, 0.4) is 0 Å². The molecule has 0 aliphatic carbocycles. The van der Waals surface area contributed by atoms with Gasteiger partial charge >= 0.3 is 0 Å². The smallest absolute Gasteiger partial charge is 0.191 e. The second-order valence-electron chi connectivity index (χ2n) is 4.78. The van der Waals surface area contributed by atoms with Gasteiger partial charge < -0.3 is 24.8 Å². The van der Waals surface area contributed by atoms with Crippen molar-refractivity contribution in [3.8, 4) is 11.5 Å². The first-order chi connectivity index (χ1) is 10.2.